The Morgan fingerprint density at radius 3 is 0.687 bits per heavy atom. The lowest BCUT2D eigenvalue weighted by molar-refractivity contribution is -0.161. The van der Waals surface area contributed by atoms with E-state index in [1.54, 1.807) is 0 Å². The van der Waals surface area contributed by atoms with Crippen LogP contribution in [0.5, 0.6) is 0 Å². The lowest BCUT2D eigenvalue weighted by atomic mass is 10.0. The Morgan fingerprint density at radius 2 is 0.465 bits per heavy atom. The Kier molecular flexibility index (Phi) is 69.0. The van der Waals surface area contributed by atoms with E-state index >= 15 is 0 Å². The molecule has 0 aromatic carbocycles. The number of aliphatic hydroxyl groups excluding tert-OH is 1. The summed E-state index contributed by atoms with van der Waals surface area (Å²) in [5.74, 6) is 0.177. The van der Waals surface area contributed by atoms with Crippen LogP contribution in [0.4, 0.5) is 0 Å². The standard InChI is InChI=1S/C80H156O17P2/c1-8-9-10-11-12-13-14-15-16-20-23-26-33-40-47-54-61-77(82)90-67-75(96-79(84)63-56-49-42-34-27-24-21-18-17-19-22-25-30-37-44-51-58-71(2)3)69-94-98(86,87)92-65-74(81)66-93-99(88,89)95-70-76(97-80(85)64-57-50-43-36-29-32-39-46-53-60-73(6)7)68-91-78(83)62-55-48-41-35-28-31-38-45-52-59-72(4)5/h71-76,81H,8-70H2,1-7H3,(H,86,87)(H,88,89)/t74-,75-,76-/m1/s1. The third-order valence-electron chi connectivity index (χ3n) is 18.6. The highest BCUT2D eigenvalue weighted by atomic mass is 31.2. The Morgan fingerprint density at radius 1 is 0.273 bits per heavy atom. The second-order valence-electron chi connectivity index (χ2n) is 30.2. The molecule has 0 radical (unpaired) electrons. The molecular formula is C80H156O17P2. The molecule has 17 nitrogen and oxygen atoms in total. The van der Waals surface area contributed by atoms with Crippen molar-refractivity contribution in [1.29, 1.82) is 0 Å². The lowest BCUT2D eigenvalue weighted by Crippen LogP contribution is -2.30. The fraction of sp³-hybridized carbons (Fsp3) is 0.950. The summed E-state index contributed by atoms with van der Waals surface area (Å²) in [4.78, 5) is 73.0. The van der Waals surface area contributed by atoms with Gasteiger partial charge in [-0.05, 0) is 43.4 Å². The summed E-state index contributed by atoms with van der Waals surface area (Å²) in [6.07, 6.45) is 58.3. The molecule has 0 spiro atoms. The molecule has 0 aromatic heterocycles. The summed E-state index contributed by atoms with van der Waals surface area (Å²) in [5.41, 5.74) is 0. The van der Waals surface area contributed by atoms with Crippen LogP contribution in [0.25, 0.3) is 0 Å². The number of phosphoric ester groups is 2. The minimum absolute atomic E-state index is 0.105. The first-order chi connectivity index (χ1) is 47.7. The van der Waals surface area contributed by atoms with Crippen molar-refractivity contribution in [2.45, 2.75) is 433 Å². The first kappa shape index (κ1) is 97.1. The SMILES string of the molecule is CCCCCCCCCCCCCCCCCCC(=O)OC[C@H](COP(=O)(O)OC[C@@H](O)COP(=O)(O)OC[C@@H](COC(=O)CCCCCCCCCCCC(C)C)OC(=O)CCCCCCCCCCCC(C)C)OC(=O)CCCCCCCCCCCCCCCCCCC(C)C. The van der Waals surface area contributed by atoms with Crippen molar-refractivity contribution in [2.75, 3.05) is 39.6 Å². The average molecular weight is 1450 g/mol. The van der Waals surface area contributed by atoms with Crippen molar-refractivity contribution >= 4 is 39.5 Å². The number of unbranched alkanes of at least 4 members (excludes halogenated alkanes) is 46. The largest absolute Gasteiger partial charge is 0.472 e. The number of hydrogen-bond donors (Lipinski definition) is 3. The Hall–Kier alpha value is -1.94. The van der Waals surface area contributed by atoms with Crippen LogP contribution in [0, 0.1) is 17.8 Å². The Bertz CT molecular complexity index is 1920. The second kappa shape index (κ2) is 70.4. The summed E-state index contributed by atoms with van der Waals surface area (Å²) in [6, 6.07) is 0. The van der Waals surface area contributed by atoms with Crippen molar-refractivity contribution in [3.63, 3.8) is 0 Å². The van der Waals surface area contributed by atoms with Crippen LogP contribution < -0.4 is 0 Å². The van der Waals surface area contributed by atoms with Crippen molar-refractivity contribution in [3.05, 3.63) is 0 Å². The number of aliphatic hydroxyl groups is 1. The van der Waals surface area contributed by atoms with E-state index in [0.29, 0.717) is 25.7 Å². The van der Waals surface area contributed by atoms with Crippen LogP contribution in [-0.2, 0) is 65.4 Å². The van der Waals surface area contributed by atoms with E-state index in [1.165, 1.54) is 225 Å². The van der Waals surface area contributed by atoms with Gasteiger partial charge in [-0.2, -0.15) is 0 Å². The third kappa shape index (κ3) is 74.1. The molecule has 0 amide bonds. The first-order valence-electron chi connectivity index (χ1n) is 41.3. The van der Waals surface area contributed by atoms with Crippen molar-refractivity contribution < 1.29 is 80.2 Å². The van der Waals surface area contributed by atoms with Crippen LogP contribution in [0.3, 0.4) is 0 Å². The number of carbonyl (C=O) groups excluding carboxylic acids is 4. The van der Waals surface area contributed by atoms with Crippen LogP contribution >= 0.6 is 15.6 Å². The summed E-state index contributed by atoms with van der Waals surface area (Å²) >= 11 is 0. The predicted octanol–water partition coefficient (Wildman–Crippen LogP) is 23.7. The molecule has 0 rings (SSSR count). The monoisotopic (exact) mass is 1450 g/mol. The molecule has 2 unspecified atom stereocenters. The van der Waals surface area contributed by atoms with Gasteiger partial charge in [0.25, 0.3) is 0 Å². The van der Waals surface area contributed by atoms with Gasteiger partial charge in [0.15, 0.2) is 12.2 Å². The molecule has 0 aliphatic heterocycles. The fourth-order valence-electron chi connectivity index (χ4n) is 12.3. The second-order valence-corrected chi connectivity index (χ2v) is 33.1. The molecule has 588 valence electrons. The van der Waals surface area contributed by atoms with Gasteiger partial charge in [-0.25, -0.2) is 9.13 Å². The zero-order valence-corrected chi connectivity index (χ0v) is 66.8. The highest BCUT2D eigenvalue weighted by molar-refractivity contribution is 7.47. The summed E-state index contributed by atoms with van der Waals surface area (Å²) in [7, 11) is -9.92. The Balaban J connectivity index is 5.25. The molecule has 99 heavy (non-hydrogen) atoms. The van der Waals surface area contributed by atoms with Gasteiger partial charge in [0, 0.05) is 25.7 Å². The molecule has 0 aromatic rings. The first-order valence-corrected chi connectivity index (χ1v) is 44.3. The molecule has 0 saturated carbocycles. The van der Waals surface area contributed by atoms with Gasteiger partial charge >= 0.3 is 39.5 Å². The Labute approximate surface area is 607 Å². The van der Waals surface area contributed by atoms with Gasteiger partial charge in [0.05, 0.1) is 26.4 Å². The number of carbonyl (C=O) groups is 4. The molecule has 0 aliphatic carbocycles. The highest BCUT2D eigenvalue weighted by Gasteiger charge is 2.30. The number of esters is 4. The average Bonchev–Trinajstić information content (AvgIpc) is 0.967. The zero-order valence-electron chi connectivity index (χ0n) is 65.0. The molecule has 3 N–H and O–H groups in total. The molecule has 0 heterocycles. The van der Waals surface area contributed by atoms with Crippen molar-refractivity contribution in [3.8, 4) is 0 Å². The zero-order chi connectivity index (χ0) is 73.0. The van der Waals surface area contributed by atoms with E-state index in [1.807, 2.05) is 0 Å². The van der Waals surface area contributed by atoms with Gasteiger partial charge in [0.1, 0.15) is 19.3 Å². The molecule has 0 saturated heterocycles. The minimum atomic E-state index is -4.96. The van der Waals surface area contributed by atoms with Crippen molar-refractivity contribution in [2.24, 2.45) is 17.8 Å². The lowest BCUT2D eigenvalue weighted by Gasteiger charge is -2.21. The maximum absolute atomic E-state index is 13.1. The van der Waals surface area contributed by atoms with Gasteiger partial charge in [-0.1, -0.05) is 363 Å². The highest BCUT2D eigenvalue weighted by Crippen LogP contribution is 2.45. The smallest absolute Gasteiger partial charge is 0.462 e. The van der Waals surface area contributed by atoms with E-state index in [-0.39, 0.29) is 25.7 Å². The third-order valence-corrected chi connectivity index (χ3v) is 20.5. The molecule has 0 bridgehead atoms. The summed E-state index contributed by atoms with van der Waals surface area (Å²) in [5, 5.41) is 10.6. The molecular weight excluding hydrogens is 1290 g/mol. The van der Waals surface area contributed by atoms with Crippen LogP contribution in [-0.4, -0.2) is 96.7 Å². The number of phosphoric acid groups is 2. The number of ether oxygens (including phenoxy) is 4. The van der Waals surface area contributed by atoms with Gasteiger partial charge in [0.2, 0.25) is 0 Å². The normalized spacial score (nSPS) is 14.0. The summed E-state index contributed by atoms with van der Waals surface area (Å²) in [6.45, 7) is 11.9. The maximum atomic E-state index is 13.1. The molecule has 5 atom stereocenters. The predicted molar refractivity (Wildman–Crippen MR) is 405 cm³/mol. The minimum Gasteiger partial charge on any atom is -0.462 e. The fourth-order valence-corrected chi connectivity index (χ4v) is 13.9. The molecule has 0 fully saturated rings. The number of rotatable bonds is 78. The molecule has 19 heteroatoms. The topological polar surface area (TPSA) is 237 Å². The van der Waals surface area contributed by atoms with Crippen LogP contribution in [0.2, 0.25) is 0 Å². The van der Waals surface area contributed by atoms with E-state index in [4.69, 9.17) is 37.0 Å². The van der Waals surface area contributed by atoms with Crippen LogP contribution in [0.1, 0.15) is 414 Å². The van der Waals surface area contributed by atoms with Crippen LogP contribution in [0.15, 0.2) is 0 Å². The van der Waals surface area contributed by atoms with E-state index < -0.39 is 97.5 Å². The van der Waals surface area contributed by atoms with E-state index in [9.17, 15) is 43.2 Å². The molecule has 0 aliphatic rings. The van der Waals surface area contributed by atoms with E-state index in [2.05, 4.69) is 48.5 Å². The maximum Gasteiger partial charge on any atom is 0.472 e. The van der Waals surface area contributed by atoms with Gasteiger partial charge < -0.3 is 33.8 Å². The van der Waals surface area contributed by atoms with Crippen molar-refractivity contribution in [1.82, 2.24) is 0 Å². The van der Waals surface area contributed by atoms with Gasteiger partial charge in [-0.15, -0.1) is 0 Å². The van der Waals surface area contributed by atoms with Gasteiger partial charge in [-0.3, -0.25) is 37.3 Å². The summed E-state index contributed by atoms with van der Waals surface area (Å²) < 4.78 is 68.7. The number of hydrogen-bond acceptors (Lipinski definition) is 15. The quantitative estimate of drug-likeness (QED) is 0.0222. The van der Waals surface area contributed by atoms with E-state index in [0.717, 1.165) is 108 Å².